The lowest BCUT2D eigenvalue weighted by Crippen LogP contribution is -2.33. The molecule has 0 aliphatic rings. The fourth-order valence-electron chi connectivity index (χ4n) is 1.83. The molecule has 0 aliphatic heterocycles. The average molecular weight is 224 g/mol. The van der Waals surface area contributed by atoms with Crippen LogP contribution in [-0.2, 0) is 6.54 Å². The van der Waals surface area contributed by atoms with Crippen molar-refractivity contribution in [3.05, 3.63) is 24.2 Å². The van der Waals surface area contributed by atoms with E-state index < -0.39 is 0 Å². The van der Waals surface area contributed by atoms with Crippen molar-refractivity contribution in [2.45, 2.75) is 33.2 Å². The van der Waals surface area contributed by atoms with Gasteiger partial charge in [0.2, 0.25) is 0 Å². The molecule has 16 heavy (non-hydrogen) atoms. The smallest absolute Gasteiger partial charge is 0.0947 e. The number of furan rings is 1. The summed E-state index contributed by atoms with van der Waals surface area (Å²) in [6.45, 7) is 9.99. The highest BCUT2D eigenvalue weighted by Crippen LogP contribution is 1.98. The molecule has 3 heteroatoms. The van der Waals surface area contributed by atoms with E-state index in [9.17, 15) is 0 Å². The molecular weight excluding hydrogens is 200 g/mol. The van der Waals surface area contributed by atoms with Gasteiger partial charge in [-0.1, -0.05) is 13.8 Å². The van der Waals surface area contributed by atoms with Crippen molar-refractivity contribution in [2.24, 2.45) is 0 Å². The van der Waals surface area contributed by atoms with Crippen LogP contribution in [0.4, 0.5) is 0 Å². The van der Waals surface area contributed by atoms with E-state index in [2.05, 4.69) is 24.1 Å². The van der Waals surface area contributed by atoms with Gasteiger partial charge in [0.05, 0.1) is 12.5 Å². The van der Waals surface area contributed by atoms with Gasteiger partial charge in [0.15, 0.2) is 0 Å². The van der Waals surface area contributed by atoms with Gasteiger partial charge in [-0.25, -0.2) is 0 Å². The van der Waals surface area contributed by atoms with Gasteiger partial charge < -0.3 is 14.6 Å². The largest absolute Gasteiger partial charge is 0.472 e. The van der Waals surface area contributed by atoms with Gasteiger partial charge in [0.25, 0.3) is 0 Å². The Labute approximate surface area is 98.8 Å². The molecule has 0 unspecified atom stereocenters. The van der Waals surface area contributed by atoms with Gasteiger partial charge in [0, 0.05) is 25.2 Å². The molecule has 1 N–H and O–H groups in total. The lowest BCUT2D eigenvalue weighted by Gasteiger charge is -2.20. The third-order valence-electron chi connectivity index (χ3n) is 2.59. The highest BCUT2D eigenvalue weighted by atomic mass is 16.3. The number of nitrogens with zero attached hydrogens (tertiary/aromatic N) is 1. The van der Waals surface area contributed by atoms with Gasteiger partial charge in [-0.05, 0) is 32.0 Å². The predicted octanol–water partition coefficient (Wildman–Crippen LogP) is 2.49. The third-order valence-corrected chi connectivity index (χ3v) is 2.59. The molecule has 92 valence electrons. The molecule has 1 heterocycles. The molecule has 0 fully saturated rings. The maximum atomic E-state index is 5.02. The molecule has 0 aliphatic carbocycles. The zero-order valence-electron chi connectivity index (χ0n) is 10.5. The summed E-state index contributed by atoms with van der Waals surface area (Å²) in [5.41, 5.74) is 1.22. The van der Waals surface area contributed by atoms with Gasteiger partial charge in [-0.15, -0.1) is 0 Å². The molecule has 0 saturated heterocycles. The van der Waals surface area contributed by atoms with E-state index >= 15 is 0 Å². The van der Waals surface area contributed by atoms with Crippen LogP contribution >= 0.6 is 0 Å². The summed E-state index contributed by atoms with van der Waals surface area (Å²) >= 11 is 0. The first-order valence-corrected chi connectivity index (χ1v) is 6.31. The summed E-state index contributed by atoms with van der Waals surface area (Å²) < 4.78 is 5.02. The van der Waals surface area contributed by atoms with Crippen molar-refractivity contribution in [3.63, 3.8) is 0 Å². The molecule has 0 radical (unpaired) electrons. The molecule has 0 amide bonds. The van der Waals surface area contributed by atoms with Crippen molar-refractivity contribution >= 4 is 0 Å². The number of nitrogens with one attached hydrogen (secondary N) is 1. The minimum Gasteiger partial charge on any atom is -0.472 e. The van der Waals surface area contributed by atoms with E-state index in [4.69, 9.17) is 4.42 Å². The second kappa shape index (κ2) is 8.36. The number of hydrogen-bond acceptors (Lipinski definition) is 3. The Hall–Kier alpha value is -0.800. The van der Waals surface area contributed by atoms with E-state index in [0.717, 1.165) is 19.6 Å². The molecule has 0 bridgehead atoms. The minimum atomic E-state index is 0.905. The monoisotopic (exact) mass is 224 g/mol. The fraction of sp³-hybridized carbons (Fsp3) is 0.692. The first kappa shape index (κ1) is 13.3. The van der Waals surface area contributed by atoms with E-state index in [0.29, 0.717) is 0 Å². The molecule has 3 nitrogen and oxygen atoms in total. The summed E-state index contributed by atoms with van der Waals surface area (Å²) in [7, 11) is 0. The van der Waals surface area contributed by atoms with Gasteiger partial charge in [-0.3, -0.25) is 0 Å². The second-order valence-electron chi connectivity index (χ2n) is 4.15. The van der Waals surface area contributed by atoms with Crippen molar-refractivity contribution < 1.29 is 4.42 Å². The van der Waals surface area contributed by atoms with Crippen LogP contribution < -0.4 is 5.32 Å². The summed E-state index contributed by atoms with van der Waals surface area (Å²) in [4.78, 5) is 2.52. The Morgan fingerprint density at radius 2 is 1.94 bits per heavy atom. The molecule has 0 aromatic carbocycles. The van der Waals surface area contributed by atoms with Gasteiger partial charge in [0.1, 0.15) is 0 Å². The molecule has 1 rings (SSSR count). The summed E-state index contributed by atoms with van der Waals surface area (Å²) in [5, 5.41) is 3.43. The van der Waals surface area contributed by atoms with Crippen LogP contribution in [0.5, 0.6) is 0 Å². The Balaban J connectivity index is 2.08. The van der Waals surface area contributed by atoms with Crippen LogP contribution in [-0.4, -0.2) is 31.1 Å². The highest BCUT2D eigenvalue weighted by molar-refractivity contribution is 5.04. The van der Waals surface area contributed by atoms with Crippen LogP contribution in [0.1, 0.15) is 32.3 Å². The maximum absolute atomic E-state index is 5.02. The molecule has 0 atom stereocenters. The standard InChI is InChI=1S/C13H24N2O/c1-3-7-15(8-4-2)9-6-14-11-13-5-10-16-12-13/h5,10,12,14H,3-4,6-9,11H2,1-2H3. The molecule has 0 saturated carbocycles. The van der Waals surface area contributed by atoms with Gasteiger partial charge in [-0.2, -0.15) is 0 Å². The third kappa shape index (κ3) is 5.33. The Kier molecular flexibility index (Phi) is 6.93. The summed E-state index contributed by atoms with van der Waals surface area (Å²) in [6, 6.07) is 2.00. The minimum absolute atomic E-state index is 0.905. The van der Waals surface area contributed by atoms with Crippen LogP contribution in [0.3, 0.4) is 0 Å². The fourth-order valence-corrected chi connectivity index (χ4v) is 1.83. The average Bonchev–Trinajstić information content (AvgIpc) is 2.78. The van der Waals surface area contributed by atoms with Crippen molar-refractivity contribution in [1.29, 1.82) is 0 Å². The first-order chi connectivity index (χ1) is 7.86. The quantitative estimate of drug-likeness (QED) is 0.653. The highest BCUT2D eigenvalue weighted by Gasteiger charge is 2.01. The summed E-state index contributed by atoms with van der Waals surface area (Å²) in [5.74, 6) is 0. The Morgan fingerprint density at radius 3 is 2.50 bits per heavy atom. The lowest BCUT2D eigenvalue weighted by molar-refractivity contribution is 0.274. The Bertz CT molecular complexity index is 240. The molecule has 1 aromatic heterocycles. The SMILES string of the molecule is CCCN(CCC)CCNCc1ccoc1. The topological polar surface area (TPSA) is 28.4 Å². The van der Waals surface area contributed by atoms with E-state index in [-0.39, 0.29) is 0 Å². The van der Waals surface area contributed by atoms with Crippen molar-refractivity contribution in [2.75, 3.05) is 26.2 Å². The Morgan fingerprint density at radius 1 is 1.19 bits per heavy atom. The predicted molar refractivity (Wildman–Crippen MR) is 67.4 cm³/mol. The first-order valence-electron chi connectivity index (χ1n) is 6.31. The molecule has 1 aromatic rings. The number of hydrogen-bond donors (Lipinski definition) is 1. The molecular formula is C13H24N2O. The van der Waals surface area contributed by atoms with E-state index in [1.54, 1.807) is 12.5 Å². The van der Waals surface area contributed by atoms with Gasteiger partial charge >= 0.3 is 0 Å². The van der Waals surface area contributed by atoms with E-state index in [1.807, 2.05) is 6.07 Å². The van der Waals surface area contributed by atoms with Crippen LogP contribution in [0, 0.1) is 0 Å². The van der Waals surface area contributed by atoms with Crippen LogP contribution in [0.2, 0.25) is 0 Å². The normalized spacial score (nSPS) is 11.2. The lowest BCUT2D eigenvalue weighted by atomic mass is 10.3. The number of rotatable bonds is 9. The zero-order valence-corrected chi connectivity index (χ0v) is 10.5. The van der Waals surface area contributed by atoms with Crippen molar-refractivity contribution in [1.82, 2.24) is 10.2 Å². The zero-order chi connectivity index (χ0) is 11.6. The van der Waals surface area contributed by atoms with E-state index in [1.165, 1.54) is 31.5 Å². The maximum Gasteiger partial charge on any atom is 0.0947 e. The van der Waals surface area contributed by atoms with Crippen LogP contribution in [0.25, 0.3) is 0 Å². The van der Waals surface area contributed by atoms with Crippen molar-refractivity contribution in [3.8, 4) is 0 Å². The summed E-state index contributed by atoms with van der Waals surface area (Å²) in [6.07, 6.45) is 5.99. The molecule has 0 spiro atoms. The second-order valence-corrected chi connectivity index (χ2v) is 4.15. The van der Waals surface area contributed by atoms with Crippen LogP contribution in [0.15, 0.2) is 23.0 Å².